The Hall–Kier alpha value is -2.92. The number of carbonyl (C=O) groups excluding carboxylic acids is 3. The van der Waals surface area contributed by atoms with Crippen LogP contribution in [0.15, 0.2) is 60.7 Å². The number of hydrogen-bond donors (Lipinski definition) is 1. The second-order valence-electron chi connectivity index (χ2n) is 5.10. The third kappa shape index (κ3) is 6.61. The first-order valence-electron chi connectivity index (χ1n) is 7.50. The Kier molecular flexibility index (Phi) is 6.92. The van der Waals surface area contributed by atoms with Crippen LogP contribution >= 0.6 is 11.6 Å². The topological polar surface area (TPSA) is 72.5 Å². The molecule has 1 N–H and O–H groups in total. The van der Waals surface area contributed by atoms with Crippen LogP contribution in [-0.4, -0.2) is 24.4 Å². The highest BCUT2D eigenvalue weighted by atomic mass is 35.5. The molecule has 0 radical (unpaired) electrons. The molecular formula is C19H16ClNO4. The summed E-state index contributed by atoms with van der Waals surface area (Å²) in [5.41, 5.74) is 1.44. The highest BCUT2D eigenvalue weighted by molar-refractivity contribution is 6.32. The molecule has 0 bridgehead atoms. The third-order valence-electron chi connectivity index (χ3n) is 3.14. The normalized spacial score (nSPS) is 10.4. The average Bonchev–Trinajstić information content (AvgIpc) is 2.60. The molecule has 0 fully saturated rings. The molecule has 0 atom stereocenters. The van der Waals surface area contributed by atoms with Crippen molar-refractivity contribution in [2.45, 2.75) is 6.42 Å². The number of halogens is 1. The molecule has 2 aromatic carbocycles. The van der Waals surface area contributed by atoms with Crippen LogP contribution in [0.4, 0.5) is 0 Å². The van der Waals surface area contributed by atoms with Crippen molar-refractivity contribution < 1.29 is 19.1 Å². The minimum Gasteiger partial charge on any atom is -0.452 e. The van der Waals surface area contributed by atoms with Crippen LogP contribution in [0.25, 0.3) is 6.08 Å². The van der Waals surface area contributed by atoms with E-state index in [4.69, 9.17) is 16.3 Å². The fourth-order valence-electron chi connectivity index (χ4n) is 1.97. The minimum atomic E-state index is -0.703. The van der Waals surface area contributed by atoms with Crippen LogP contribution in [0, 0.1) is 0 Å². The molecule has 0 aliphatic rings. The van der Waals surface area contributed by atoms with E-state index in [1.54, 1.807) is 48.5 Å². The maximum atomic E-state index is 11.7. The second kappa shape index (κ2) is 9.39. The molecule has 2 aromatic rings. The standard InChI is InChI=1S/C19H16ClNO4/c20-16-9-5-4-8-15(16)10-11-19(24)25-13-18(23)21-17(22)12-14-6-2-1-3-7-14/h1-11H,12-13H2,(H,21,22,23)/b11-10+. The van der Waals surface area contributed by atoms with Gasteiger partial charge in [-0.2, -0.15) is 0 Å². The van der Waals surface area contributed by atoms with Gasteiger partial charge in [-0.1, -0.05) is 60.1 Å². The molecule has 0 unspecified atom stereocenters. The zero-order valence-electron chi connectivity index (χ0n) is 13.3. The highest BCUT2D eigenvalue weighted by Crippen LogP contribution is 2.16. The van der Waals surface area contributed by atoms with E-state index >= 15 is 0 Å². The summed E-state index contributed by atoms with van der Waals surface area (Å²) < 4.78 is 4.78. The molecule has 5 nitrogen and oxygen atoms in total. The van der Waals surface area contributed by atoms with Crippen molar-refractivity contribution in [2.75, 3.05) is 6.61 Å². The van der Waals surface area contributed by atoms with Gasteiger partial charge in [-0.3, -0.25) is 14.9 Å². The van der Waals surface area contributed by atoms with Crippen molar-refractivity contribution >= 4 is 35.5 Å². The fourth-order valence-corrected chi connectivity index (χ4v) is 2.17. The largest absolute Gasteiger partial charge is 0.452 e. The van der Waals surface area contributed by atoms with E-state index < -0.39 is 24.4 Å². The highest BCUT2D eigenvalue weighted by Gasteiger charge is 2.10. The Bertz CT molecular complexity index is 787. The average molecular weight is 358 g/mol. The minimum absolute atomic E-state index is 0.0763. The quantitative estimate of drug-likeness (QED) is 0.637. The molecule has 0 aliphatic carbocycles. The second-order valence-corrected chi connectivity index (χ2v) is 5.50. The SMILES string of the molecule is O=C(COC(=O)/C=C/c1ccccc1Cl)NC(=O)Cc1ccccc1. The smallest absolute Gasteiger partial charge is 0.331 e. The molecule has 0 aromatic heterocycles. The Morgan fingerprint density at radius 3 is 2.36 bits per heavy atom. The van der Waals surface area contributed by atoms with Crippen molar-refractivity contribution in [1.82, 2.24) is 5.32 Å². The van der Waals surface area contributed by atoms with E-state index in [2.05, 4.69) is 5.32 Å². The number of ether oxygens (including phenoxy) is 1. The van der Waals surface area contributed by atoms with Crippen LogP contribution in [0.3, 0.4) is 0 Å². The first-order chi connectivity index (χ1) is 12.0. The summed E-state index contributed by atoms with van der Waals surface area (Å²) in [5, 5.41) is 2.66. The van der Waals surface area contributed by atoms with Gasteiger partial charge in [0.2, 0.25) is 5.91 Å². The van der Waals surface area contributed by atoms with Gasteiger partial charge in [0.1, 0.15) is 0 Å². The van der Waals surface area contributed by atoms with Crippen LogP contribution in [0.5, 0.6) is 0 Å². The van der Waals surface area contributed by atoms with E-state index in [-0.39, 0.29) is 6.42 Å². The van der Waals surface area contributed by atoms with Crippen molar-refractivity contribution in [3.8, 4) is 0 Å². The lowest BCUT2D eigenvalue weighted by molar-refractivity contribution is -0.145. The first-order valence-corrected chi connectivity index (χ1v) is 7.88. The van der Waals surface area contributed by atoms with Crippen molar-refractivity contribution in [3.05, 3.63) is 76.8 Å². The summed E-state index contributed by atoms with van der Waals surface area (Å²) in [5.74, 6) is -1.84. The molecule has 2 rings (SSSR count). The molecular weight excluding hydrogens is 342 g/mol. The van der Waals surface area contributed by atoms with Crippen LogP contribution < -0.4 is 5.32 Å². The van der Waals surface area contributed by atoms with Gasteiger partial charge in [0.25, 0.3) is 5.91 Å². The first kappa shape index (κ1) is 18.4. The molecule has 0 heterocycles. The van der Waals surface area contributed by atoms with Crippen LogP contribution in [0.2, 0.25) is 5.02 Å². The van der Waals surface area contributed by atoms with Gasteiger partial charge >= 0.3 is 5.97 Å². The molecule has 0 saturated heterocycles. The zero-order valence-corrected chi connectivity index (χ0v) is 14.0. The van der Waals surface area contributed by atoms with Gasteiger partial charge in [-0.15, -0.1) is 0 Å². The molecule has 0 spiro atoms. The summed E-state index contributed by atoms with van der Waals surface area (Å²) >= 11 is 5.95. The van der Waals surface area contributed by atoms with Gasteiger partial charge in [-0.25, -0.2) is 4.79 Å². The molecule has 128 valence electrons. The maximum Gasteiger partial charge on any atom is 0.331 e. The van der Waals surface area contributed by atoms with Crippen molar-refractivity contribution in [3.63, 3.8) is 0 Å². The van der Waals surface area contributed by atoms with Crippen molar-refractivity contribution in [1.29, 1.82) is 0 Å². The number of rotatable bonds is 6. The Labute approximate surface area is 150 Å². The van der Waals surface area contributed by atoms with Crippen LogP contribution in [-0.2, 0) is 25.5 Å². The lowest BCUT2D eigenvalue weighted by atomic mass is 10.1. The van der Waals surface area contributed by atoms with E-state index in [0.29, 0.717) is 10.6 Å². The monoisotopic (exact) mass is 357 g/mol. The summed E-state index contributed by atoms with van der Waals surface area (Å²) in [7, 11) is 0. The molecule has 6 heteroatoms. The van der Waals surface area contributed by atoms with E-state index in [9.17, 15) is 14.4 Å². The summed E-state index contributed by atoms with van der Waals surface area (Å²) in [6, 6.07) is 16.0. The lowest BCUT2D eigenvalue weighted by Gasteiger charge is -2.04. The Balaban J connectivity index is 1.75. The summed E-state index contributed by atoms with van der Waals surface area (Å²) in [6.45, 7) is -0.535. The number of nitrogens with one attached hydrogen (secondary N) is 1. The predicted octanol–water partition coefficient (Wildman–Crippen LogP) is 2.78. The van der Waals surface area contributed by atoms with Crippen molar-refractivity contribution in [2.24, 2.45) is 0 Å². The van der Waals surface area contributed by atoms with Gasteiger partial charge in [0.15, 0.2) is 6.61 Å². The van der Waals surface area contributed by atoms with Gasteiger partial charge in [-0.05, 0) is 23.3 Å². The fraction of sp³-hybridized carbons (Fsp3) is 0.105. The van der Waals surface area contributed by atoms with Gasteiger partial charge in [0, 0.05) is 11.1 Å². The number of hydrogen-bond acceptors (Lipinski definition) is 4. The Morgan fingerprint density at radius 1 is 0.960 bits per heavy atom. The lowest BCUT2D eigenvalue weighted by Crippen LogP contribution is -2.35. The summed E-state index contributed by atoms with van der Waals surface area (Å²) in [6.07, 6.45) is 2.73. The molecule has 25 heavy (non-hydrogen) atoms. The molecule has 2 amide bonds. The van der Waals surface area contributed by atoms with Gasteiger partial charge in [0.05, 0.1) is 6.42 Å². The van der Waals surface area contributed by atoms with E-state index in [1.165, 1.54) is 12.2 Å². The zero-order chi connectivity index (χ0) is 18.1. The number of benzene rings is 2. The van der Waals surface area contributed by atoms with E-state index in [0.717, 1.165) is 5.56 Å². The number of carbonyl (C=O) groups is 3. The maximum absolute atomic E-state index is 11.7. The third-order valence-corrected chi connectivity index (χ3v) is 3.48. The van der Waals surface area contributed by atoms with E-state index in [1.807, 2.05) is 6.07 Å². The number of amides is 2. The molecule has 0 saturated carbocycles. The molecule has 0 aliphatic heterocycles. The predicted molar refractivity (Wildman–Crippen MR) is 94.7 cm³/mol. The van der Waals surface area contributed by atoms with Crippen LogP contribution in [0.1, 0.15) is 11.1 Å². The Morgan fingerprint density at radius 2 is 1.64 bits per heavy atom. The number of imide groups is 1. The summed E-state index contributed by atoms with van der Waals surface area (Å²) in [4.78, 5) is 34.9. The van der Waals surface area contributed by atoms with Gasteiger partial charge < -0.3 is 4.74 Å². The number of esters is 1.